The van der Waals surface area contributed by atoms with Gasteiger partial charge in [0.1, 0.15) is 10.6 Å². The Balaban J connectivity index is 1.77. The lowest BCUT2D eigenvalue weighted by Crippen LogP contribution is -2.31. The maximum absolute atomic E-state index is 12.4. The Morgan fingerprint density at radius 3 is 2.68 bits per heavy atom. The van der Waals surface area contributed by atoms with Crippen molar-refractivity contribution in [2.24, 2.45) is 0 Å². The first-order valence-electron chi connectivity index (χ1n) is 7.04. The highest BCUT2D eigenvalue weighted by molar-refractivity contribution is 7.89. The summed E-state index contributed by atoms with van der Waals surface area (Å²) < 4.78 is 33.0. The van der Waals surface area contributed by atoms with Crippen molar-refractivity contribution in [2.75, 3.05) is 13.2 Å². The Hall–Kier alpha value is -1.56. The second-order valence-electron chi connectivity index (χ2n) is 5.15. The van der Waals surface area contributed by atoms with Crippen LogP contribution in [0.15, 0.2) is 53.4 Å². The van der Waals surface area contributed by atoms with E-state index in [1.54, 1.807) is 18.2 Å². The molecule has 3 rings (SSSR count). The number of hydrogen-bond acceptors (Lipinski definition) is 3. The van der Waals surface area contributed by atoms with E-state index in [-0.39, 0.29) is 15.8 Å². The maximum atomic E-state index is 12.4. The number of rotatable bonds is 4. The van der Waals surface area contributed by atoms with Crippen molar-refractivity contribution < 1.29 is 13.2 Å². The molecule has 1 N–H and O–H groups in total. The molecule has 116 valence electrons. The van der Waals surface area contributed by atoms with E-state index < -0.39 is 10.0 Å². The Morgan fingerprint density at radius 1 is 1.14 bits per heavy atom. The number of fused-ring (bicyclic) bond motifs is 1. The molecule has 0 aliphatic carbocycles. The number of hydrogen-bond donors (Lipinski definition) is 1. The molecule has 0 saturated carbocycles. The van der Waals surface area contributed by atoms with Gasteiger partial charge in [-0.25, -0.2) is 13.1 Å². The minimum atomic E-state index is -3.62. The van der Waals surface area contributed by atoms with E-state index >= 15 is 0 Å². The highest BCUT2D eigenvalue weighted by atomic mass is 35.5. The number of halogens is 1. The molecule has 0 aromatic heterocycles. The van der Waals surface area contributed by atoms with Gasteiger partial charge in [-0.1, -0.05) is 41.9 Å². The zero-order valence-electron chi connectivity index (χ0n) is 11.8. The largest absolute Gasteiger partial charge is 0.493 e. The normalized spacial score (nSPS) is 17.6. The van der Waals surface area contributed by atoms with E-state index in [9.17, 15) is 8.42 Å². The summed E-state index contributed by atoms with van der Waals surface area (Å²) in [7, 11) is -3.62. The third-order valence-electron chi connectivity index (χ3n) is 3.73. The van der Waals surface area contributed by atoms with Gasteiger partial charge in [0.25, 0.3) is 0 Å². The van der Waals surface area contributed by atoms with Crippen molar-refractivity contribution in [1.29, 1.82) is 0 Å². The van der Waals surface area contributed by atoms with Crippen LogP contribution in [0.3, 0.4) is 0 Å². The minimum absolute atomic E-state index is 0.0993. The van der Waals surface area contributed by atoms with Gasteiger partial charge in [0, 0.05) is 12.5 Å². The molecule has 1 heterocycles. The summed E-state index contributed by atoms with van der Waals surface area (Å²) in [6.45, 7) is 0.920. The highest BCUT2D eigenvalue weighted by Crippen LogP contribution is 2.33. The van der Waals surface area contributed by atoms with Crippen LogP contribution >= 0.6 is 11.6 Å². The predicted octanol–water partition coefficient (Wildman–Crippen LogP) is 3.18. The Kier molecular flexibility index (Phi) is 4.38. The lowest BCUT2D eigenvalue weighted by atomic mass is 9.93. The molecule has 1 unspecified atom stereocenters. The van der Waals surface area contributed by atoms with Gasteiger partial charge in [-0.2, -0.15) is 0 Å². The first kappa shape index (κ1) is 15.3. The van der Waals surface area contributed by atoms with Crippen molar-refractivity contribution in [2.45, 2.75) is 17.2 Å². The summed E-state index contributed by atoms with van der Waals surface area (Å²) >= 11 is 5.97. The zero-order chi connectivity index (χ0) is 15.6. The number of sulfonamides is 1. The minimum Gasteiger partial charge on any atom is -0.493 e. The van der Waals surface area contributed by atoms with Crippen molar-refractivity contribution in [1.82, 2.24) is 4.72 Å². The van der Waals surface area contributed by atoms with Gasteiger partial charge in [0.15, 0.2) is 0 Å². The standard InChI is InChI=1S/C16H16ClNO3S/c17-14-6-2-4-8-16(14)22(19,20)18-11-12-9-10-21-15-7-3-1-5-13(12)15/h1-8,12,18H,9-11H2. The third kappa shape index (κ3) is 3.11. The zero-order valence-corrected chi connectivity index (χ0v) is 13.4. The van der Waals surface area contributed by atoms with Gasteiger partial charge in [-0.15, -0.1) is 0 Å². The van der Waals surface area contributed by atoms with Gasteiger partial charge in [-0.3, -0.25) is 0 Å². The van der Waals surface area contributed by atoms with E-state index in [1.165, 1.54) is 6.07 Å². The number of ether oxygens (including phenoxy) is 1. The quantitative estimate of drug-likeness (QED) is 0.932. The fraction of sp³-hybridized carbons (Fsp3) is 0.250. The monoisotopic (exact) mass is 337 g/mol. The van der Waals surface area contributed by atoms with Crippen LogP contribution in [0.4, 0.5) is 0 Å². The molecule has 0 spiro atoms. The topological polar surface area (TPSA) is 55.4 Å². The number of nitrogens with one attached hydrogen (secondary N) is 1. The van der Waals surface area contributed by atoms with Crippen LogP contribution < -0.4 is 9.46 Å². The van der Waals surface area contributed by atoms with Crippen LogP contribution in [-0.2, 0) is 10.0 Å². The van der Waals surface area contributed by atoms with Crippen LogP contribution in [0.2, 0.25) is 5.02 Å². The van der Waals surface area contributed by atoms with E-state index in [2.05, 4.69) is 4.72 Å². The fourth-order valence-electron chi connectivity index (χ4n) is 2.58. The summed E-state index contributed by atoms with van der Waals surface area (Å²) in [5.74, 6) is 0.929. The van der Waals surface area contributed by atoms with Crippen LogP contribution in [0, 0.1) is 0 Å². The van der Waals surface area contributed by atoms with Crippen LogP contribution in [0.25, 0.3) is 0 Å². The predicted molar refractivity (Wildman–Crippen MR) is 85.9 cm³/mol. The molecule has 22 heavy (non-hydrogen) atoms. The van der Waals surface area contributed by atoms with Crippen LogP contribution in [-0.4, -0.2) is 21.6 Å². The van der Waals surface area contributed by atoms with Gasteiger partial charge in [0.05, 0.1) is 11.6 Å². The Labute approximate surface area is 135 Å². The lowest BCUT2D eigenvalue weighted by molar-refractivity contribution is 0.267. The van der Waals surface area contributed by atoms with Gasteiger partial charge >= 0.3 is 0 Å². The molecule has 0 amide bonds. The van der Waals surface area contributed by atoms with Crippen LogP contribution in [0.5, 0.6) is 5.75 Å². The van der Waals surface area contributed by atoms with Gasteiger partial charge < -0.3 is 4.74 Å². The smallest absolute Gasteiger partial charge is 0.242 e. The van der Waals surface area contributed by atoms with Gasteiger partial charge in [-0.05, 0) is 30.2 Å². The first-order chi connectivity index (χ1) is 10.6. The number of para-hydroxylation sites is 1. The third-order valence-corrected chi connectivity index (χ3v) is 5.65. The summed E-state index contributed by atoms with van der Waals surface area (Å²) in [4.78, 5) is 0.108. The van der Waals surface area contributed by atoms with E-state index in [1.807, 2.05) is 24.3 Å². The number of benzene rings is 2. The second-order valence-corrected chi connectivity index (χ2v) is 7.30. The van der Waals surface area contributed by atoms with Crippen molar-refractivity contribution in [3.8, 4) is 5.75 Å². The van der Waals surface area contributed by atoms with E-state index in [4.69, 9.17) is 16.3 Å². The molecule has 1 aliphatic heterocycles. The molecule has 1 aliphatic rings. The van der Waals surface area contributed by atoms with Crippen LogP contribution in [0.1, 0.15) is 17.9 Å². The maximum Gasteiger partial charge on any atom is 0.242 e. The molecule has 1 atom stereocenters. The molecule has 2 aromatic carbocycles. The molecule has 0 radical (unpaired) electrons. The molecule has 0 bridgehead atoms. The molecule has 2 aromatic rings. The van der Waals surface area contributed by atoms with Crippen molar-refractivity contribution in [3.63, 3.8) is 0 Å². The molecule has 6 heteroatoms. The second kappa shape index (κ2) is 6.28. The molecular formula is C16H16ClNO3S. The van der Waals surface area contributed by atoms with E-state index in [0.29, 0.717) is 13.2 Å². The highest BCUT2D eigenvalue weighted by Gasteiger charge is 2.24. The first-order valence-corrected chi connectivity index (χ1v) is 8.90. The lowest BCUT2D eigenvalue weighted by Gasteiger charge is -2.26. The van der Waals surface area contributed by atoms with Crippen molar-refractivity contribution in [3.05, 3.63) is 59.1 Å². The summed E-state index contributed by atoms with van der Waals surface area (Å²) in [5, 5.41) is 0.224. The van der Waals surface area contributed by atoms with E-state index in [0.717, 1.165) is 17.7 Å². The van der Waals surface area contributed by atoms with Gasteiger partial charge in [0.2, 0.25) is 10.0 Å². The molecule has 0 saturated heterocycles. The summed E-state index contributed by atoms with van der Waals surface area (Å²) in [6.07, 6.45) is 0.780. The SMILES string of the molecule is O=S(=O)(NCC1CCOc2ccccc21)c1ccccc1Cl. The Bertz CT molecular complexity index is 776. The van der Waals surface area contributed by atoms with Crippen molar-refractivity contribution >= 4 is 21.6 Å². The summed E-state index contributed by atoms with van der Waals surface area (Å²) in [6, 6.07) is 14.2. The molecular weight excluding hydrogens is 322 g/mol. The molecule has 0 fully saturated rings. The average Bonchev–Trinajstić information content (AvgIpc) is 2.53. The summed E-state index contributed by atoms with van der Waals surface area (Å²) in [5.41, 5.74) is 1.04. The fourth-order valence-corrected chi connectivity index (χ4v) is 4.18. The average molecular weight is 338 g/mol. The molecule has 4 nitrogen and oxygen atoms in total. The Morgan fingerprint density at radius 2 is 1.86 bits per heavy atom.